The van der Waals surface area contributed by atoms with Gasteiger partial charge in [-0.05, 0) is 87.3 Å². The molecule has 1 aromatic carbocycles. The zero-order chi connectivity index (χ0) is 18.4. The smallest absolute Gasteiger partial charge is 0.124 e. The van der Waals surface area contributed by atoms with Gasteiger partial charge in [0.2, 0.25) is 0 Å². The Morgan fingerprint density at radius 2 is 1.96 bits per heavy atom. The Kier molecular flexibility index (Phi) is 4.79. The molecule has 4 fully saturated rings. The van der Waals surface area contributed by atoms with E-state index in [-0.39, 0.29) is 12.0 Å². The van der Waals surface area contributed by atoms with Crippen molar-refractivity contribution in [1.82, 2.24) is 5.32 Å². The molecule has 0 aliphatic heterocycles. The molecule has 4 heteroatoms. The molecular formula is C22H33NO3. The molecular weight excluding hydrogens is 326 g/mol. The molecule has 144 valence electrons. The third-order valence-electron chi connectivity index (χ3n) is 7.20. The number of rotatable bonds is 7. The number of benzene rings is 1. The molecule has 4 aliphatic carbocycles. The molecule has 3 atom stereocenters. The molecule has 4 saturated carbocycles. The van der Waals surface area contributed by atoms with Crippen LogP contribution in [0, 0.1) is 17.3 Å². The highest BCUT2D eigenvalue weighted by molar-refractivity contribution is 5.37. The molecule has 0 spiro atoms. The van der Waals surface area contributed by atoms with Crippen LogP contribution in [0.2, 0.25) is 0 Å². The molecule has 26 heavy (non-hydrogen) atoms. The maximum absolute atomic E-state index is 11.0. The van der Waals surface area contributed by atoms with Crippen molar-refractivity contribution in [3.05, 3.63) is 29.3 Å². The molecule has 0 saturated heterocycles. The van der Waals surface area contributed by atoms with Crippen molar-refractivity contribution < 1.29 is 14.9 Å². The topological polar surface area (TPSA) is 61.7 Å². The van der Waals surface area contributed by atoms with E-state index in [0.717, 1.165) is 49.0 Å². The second kappa shape index (κ2) is 6.81. The van der Waals surface area contributed by atoms with E-state index in [9.17, 15) is 10.2 Å². The molecule has 4 bridgehead atoms. The second-order valence-electron chi connectivity index (χ2n) is 9.18. The molecule has 0 heterocycles. The van der Waals surface area contributed by atoms with Crippen LogP contribution in [0.1, 0.15) is 63.5 Å². The lowest BCUT2D eigenvalue weighted by molar-refractivity contribution is -0.172. The van der Waals surface area contributed by atoms with Crippen LogP contribution in [0.4, 0.5) is 0 Å². The van der Waals surface area contributed by atoms with E-state index in [0.29, 0.717) is 12.6 Å². The van der Waals surface area contributed by atoms with Crippen LogP contribution < -0.4 is 10.1 Å². The number of ether oxygens (including phenoxy) is 1. The number of nitrogens with one attached hydrogen (secondary N) is 1. The molecule has 0 radical (unpaired) electrons. The molecule has 4 aliphatic rings. The van der Waals surface area contributed by atoms with E-state index in [1.807, 2.05) is 19.1 Å². The first-order valence-corrected chi connectivity index (χ1v) is 10.3. The van der Waals surface area contributed by atoms with Crippen molar-refractivity contribution in [2.24, 2.45) is 17.3 Å². The molecule has 4 nitrogen and oxygen atoms in total. The van der Waals surface area contributed by atoms with Gasteiger partial charge in [-0.1, -0.05) is 6.07 Å². The highest BCUT2D eigenvalue weighted by Crippen LogP contribution is 2.62. The van der Waals surface area contributed by atoms with Crippen molar-refractivity contribution in [1.29, 1.82) is 0 Å². The molecule has 5 rings (SSSR count). The Bertz CT molecular complexity index is 645. The molecule has 0 aromatic heterocycles. The van der Waals surface area contributed by atoms with Crippen molar-refractivity contribution in [3.8, 4) is 5.75 Å². The number of hydrogen-bond acceptors (Lipinski definition) is 4. The van der Waals surface area contributed by atoms with Gasteiger partial charge >= 0.3 is 0 Å². The van der Waals surface area contributed by atoms with E-state index in [1.165, 1.54) is 24.8 Å². The van der Waals surface area contributed by atoms with Gasteiger partial charge in [0.1, 0.15) is 5.75 Å². The first kappa shape index (κ1) is 18.3. The Morgan fingerprint density at radius 1 is 1.23 bits per heavy atom. The predicted molar refractivity (Wildman–Crippen MR) is 102 cm³/mol. The lowest BCUT2D eigenvalue weighted by Gasteiger charge is -2.62. The normalized spacial score (nSPS) is 36.3. The highest BCUT2D eigenvalue weighted by Gasteiger charge is 2.58. The fourth-order valence-electron chi connectivity index (χ4n) is 6.44. The van der Waals surface area contributed by atoms with Crippen molar-refractivity contribution in [2.75, 3.05) is 6.61 Å². The number of hydrogen-bond donors (Lipinski definition) is 3. The third-order valence-corrected chi connectivity index (χ3v) is 7.20. The summed E-state index contributed by atoms with van der Waals surface area (Å²) in [7, 11) is 0. The van der Waals surface area contributed by atoms with Crippen LogP contribution in [0.15, 0.2) is 18.2 Å². The summed E-state index contributed by atoms with van der Waals surface area (Å²) in [5.41, 5.74) is 1.88. The van der Waals surface area contributed by atoms with Gasteiger partial charge in [0, 0.05) is 18.2 Å². The van der Waals surface area contributed by atoms with E-state index in [1.54, 1.807) is 0 Å². The monoisotopic (exact) mass is 359 g/mol. The SMILES string of the molecule is CCOc1ccc(CNC(C)C23CC4CC(CC(O)(C4)C2)C3)cc1CO. The summed E-state index contributed by atoms with van der Waals surface area (Å²) in [6.45, 7) is 5.65. The summed E-state index contributed by atoms with van der Waals surface area (Å²) in [6.07, 6.45) is 6.88. The second-order valence-corrected chi connectivity index (χ2v) is 9.18. The average Bonchev–Trinajstić information content (AvgIpc) is 2.58. The zero-order valence-corrected chi connectivity index (χ0v) is 16.1. The summed E-state index contributed by atoms with van der Waals surface area (Å²) in [5.74, 6) is 2.21. The quantitative estimate of drug-likeness (QED) is 0.698. The van der Waals surface area contributed by atoms with Crippen LogP contribution in [-0.4, -0.2) is 28.5 Å². The molecule has 3 unspecified atom stereocenters. The first-order chi connectivity index (χ1) is 12.5. The lowest BCUT2D eigenvalue weighted by Crippen LogP contribution is -2.61. The van der Waals surface area contributed by atoms with E-state index in [4.69, 9.17) is 4.74 Å². The fourth-order valence-corrected chi connectivity index (χ4v) is 6.44. The van der Waals surface area contributed by atoms with Crippen LogP contribution in [0.3, 0.4) is 0 Å². The average molecular weight is 360 g/mol. The van der Waals surface area contributed by atoms with Crippen molar-refractivity contribution >= 4 is 0 Å². The highest BCUT2D eigenvalue weighted by atomic mass is 16.5. The van der Waals surface area contributed by atoms with Crippen LogP contribution in [-0.2, 0) is 13.2 Å². The summed E-state index contributed by atoms with van der Waals surface area (Å²) < 4.78 is 5.58. The van der Waals surface area contributed by atoms with Crippen LogP contribution in [0.25, 0.3) is 0 Å². The minimum atomic E-state index is -0.400. The molecule has 3 N–H and O–H groups in total. The van der Waals surface area contributed by atoms with Gasteiger partial charge in [-0.3, -0.25) is 0 Å². The molecule has 0 amide bonds. The van der Waals surface area contributed by atoms with Gasteiger partial charge in [-0.25, -0.2) is 0 Å². The summed E-state index contributed by atoms with van der Waals surface area (Å²) >= 11 is 0. The van der Waals surface area contributed by atoms with Gasteiger partial charge in [0.25, 0.3) is 0 Å². The van der Waals surface area contributed by atoms with Crippen molar-refractivity contribution in [3.63, 3.8) is 0 Å². The minimum Gasteiger partial charge on any atom is -0.494 e. The van der Waals surface area contributed by atoms with E-state index < -0.39 is 5.60 Å². The van der Waals surface area contributed by atoms with Gasteiger partial charge in [-0.15, -0.1) is 0 Å². The largest absolute Gasteiger partial charge is 0.494 e. The molecule has 1 aromatic rings. The summed E-state index contributed by atoms with van der Waals surface area (Å²) in [4.78, 5) is 0. The van der Waals surface area contributed by atoms with Gasteiger partial charge in [0.05, 0.1) is 18.8 Å². The van der Waals surface area contributed by atoms with E-state index >= 15 is 0 Å². The lowest BCUT2D eigenvalue weighted by atomic mass is 9.46. The summed E-state index contributed by atoms with van der Waals surface area (Å²) in [5, 5.41) is 24.3. The Hall–Kier alpha value is -1.10. The van der Waals surface area contributed by atoms with Crippen LogP contribution >= 0.6 is 0 Å². The van der Waals surface area contributed by atoms with Gasteiger partial charge in [-0.2, -0.15) is 0 Å². The summed E-state index contributed by atoms with van der Waals surface area (Å²) in [6, 6.07) is 6.48. The zero-order valence-electron chi connectivity index (χ0n) is 16.1. The van der Waals surface area contributed by atoms with Gasteiger partial charge < -0.3 is 20.3 Å². The Labute approximate surface area is 157 Å². The predicted octanol–water partition coefficient (Wildman–Crippen LogP) is 3.39. The maximum Gasteiger partial charge on any atom is 0.124 e. The maximum atomic E-state index is 11.0. The first-order valence-electron chi connectivity index (χ1n) is 10.3. The fraction of sp³-hybridized carbons (Fsp3) is 0.727. The Morgan fingerprint density at radius 3 is 2.58 bits per heavy atom. The third kappa shape index (κ3) is 3.28. The van der Waals surface area contributed by atoms with Gasteiger partial charge in [0.15, 0.2) is 0 Å². The van der Waals surface area contributed by atoms with Crippen LogP contribution in [0.5, 0.6) is 5.75 Å². The Balaban J connectivity index is 1.43. The minimum absolute atomic E-state index is 0.000936. The van der Waals surface area contributed by atoms with Crippen molar-refractivity contribution in [2.45, 2.75) is 77.2 Å². The van der Waals surface area contributed by atoms with E-state index in [2.05, 4.69) is 18.3 Å². The number of aliphatic hydroxyl groups is 2. The number of aliphatic hydroxyl groups excluding tert-OH is 1. The standard InChI is InChI=1S/C22H33NO3/c1-3-26-20-5-4-16(7-19(20)13-24)12-23-15(2)21-8-17-6-18(9-21)11-22(25,10-17)14-21/h4-5,7,15,17-18,23-25H,3,6,8-14H2,1-2H3.